The van der Waals surface area contributed by atoms with Crippen molar-refractivity contribution in [1.82, 2.24) is 14.2 Å². The third-order valence-electron chi connectivity index (χ3n) is 5.48. The van der Waals surface area contributed by atoms with Gasteiger partial charge in [-0.1, -0.05) is 12.1 Å². The van der Waals surface area contributed by atoms with Crippen LogP contribution < -0.4 is 10.6 Å². The van der Waals surface area contributed by atoms with Gasteiger partial charge in [0.15, 0.2) is 5.82 Å². The van der Waals surface area contributed by atoms with Gasteiger partial charge < -0.3 is 10.6 Å². The number of carbonyl (C=O) groups excluding carboxylic acids is 1. The van der Waals surface area contributed by atoms with Gasteiger partial charge in [0.25, 0.3) is 0 Å². The first kappa shape index (κ1) is 23.1. The van der Waals surface area contributed by atoms with Crippen LogP contribution in [0.2, 0.25) is 0 Å². The van der Waals surface area contributed by atoms with Crippen molar-refractivity contribution in [3.05, 3.63) is 53.6 Å². The van der Waals surface area contributed by atoms with E-state index >= 15 is 4.39 Å². The molecule has 3 rings (SSSR count). The van der Waals surface area contributed by atoms with Crippen LogP contribution in [0.4, 0.5) is 20.6 Å². The zero-order chi connectivity index (χ0) is 22.6. The van der Waals surface area contributed by atoms with E-state index in [9.17, 15) is 13.2 Å². The van der Waals surface area contributed by atoms with Crippen LogP contribution in [0.3, 0.4) is 0 Å². The molecule has 2 N–H and O–H groups in total. The summed E-state index contributed by atoms with van der Waals surface area (Å²) in [5, 5.41) is 5.18. The van der Waals surface area contributed by atoms with Gasteiger partial charge in [-0.2, -0.15) is 4.31 Å². The SMILES string of the molecule is CCS(=O)(=O)N1CCN([C@@H](C)c2cccc(NC(=O)Nc3ccc(C)nc3)c2F)CC1. The summed E-state index contributed by atoms with van der Waals surface area (Å²) < 4.78 is 40.7. The van der Waals surface area contributed by atoms with Crippen molar-refractivity contribution < 1.29 is 17.6 Å². The molecule has 1 atom stereocenters. The van der Waals surface area contributed by atoms with E-state index in [-0.39, 0.29) is 17.5 Å². The van der Waals surface area contributed by atoms with Crippen LogP contribution in [0, 0.1) is 12.7 Å². The lowest BCUT2D eigenvalue weighted by atomic mass is 10.0. The monoisotopic (exact) mass is 449 g/mol. The number of sulfonamides is 1. The van der Waals surface area contributed by atoms with E-state index < -0.39 is 21.9 Å². The average Bonchev–Trinajstić information content (AvgIpc) is 2.76. The molecule has 168 valence electrons. The number of aryl methyl sites for hydroxylation is 1. The number of piperazine rings is 1. The van der Waals surface area contributed by atoms with Crippen molar-refractivity contribution >= 4 is 27.4 Å². The van der Waals surface area contributed by atoms with Gasteiger partial charge in [0.2, 0.25) is 10.0 Å². The molecule has 2 aromatic rings. The van der Waals surface area contributed by atoms with Crippen molar-refractivity contribution in [1.29, 1.82) is 0 Å². The maximum Gasteiger partial charge on any atom is 0.323 e. The summed E-state index contributed by atoms with van der Waals surface area (Å²) in [6.07, 6.45) is 1.53. The molecular weight excluding hydrogens is 421 g/mol. The van der Waals surface area contributed by atoms with E-state index in [1.807, 2.05) is 18.7 Å². The predicted octanol–water partition coefficient (Wildman–Crippen LogP) is 3.20. The fourth-order valence-corrected chi connectivity index (χ4v) is 4.63. The van der Waals surface area contributed by atoms with Crippen LogP contribution in [0.5, 0.6) is 0 Å². The van der Waals surface area contributed by atoms with Crippen molar-refractivity contribution in [2.45, 2.75) is 26.8 Å². The van der Waals surface area contributed by atoms with Crippen LogP contribution in [0.1, 0.15) is 31.1 Å². The first-order valence-corrected chi connectivity index (χ1v) is 11.8. The number of hydrogen-bond donors (Lipinski definition) is 2. The molecular formula is C21H28FN5O3S. The standard InChI is InChI=1S/C21H28FN5O3S/c1-4-31(29,30)27-12-10-26(11-13-27)16(3)18-6-5-7-19(20(18)22)25-21(28)24-17-9-8-15(2)23-14-17/h5-9,14,16H,4,10-13H2,1-3H3,(H2,24,25,28)/t16-/m0/s1. The van der Waals surface area contributed by atoms with E-state index in [2.05, 4.69) is 15.6 Å². The Morgan fingerprint density at radius 3 is 2.48 bits per heavy atom. The van der Waals surface area contributed by atoms with Crippen molar-refractivity contribution in [3.63, 3.8) is 0 Å². The summed E-state index contributed by atoms with van der Waals surface area (Å²) in [7, 11) is -3.22. The maximum atomic E-state index is 15.2. The summed E-state index contributed by atoms with van der Waals surface area (Å²) in [5.74, 6) is -0.429. The second-order valence-corrected chi connectivity index (χ2v) is 9.75. The first-order chi connectivity index (χ1) is 14.7. The van der Waals surface area contributed by atoms with Crippen LogP contribution in [-0.4, -0.2) is 60.6 Å². The van der Waals surface area contributed by atoms with Crippen LogP contribution in [0.15, 0.2) is 36.5 Å². The number of urea groups is 1. The molecule has 1 saturated heterocycles. The quantitative estimate of drug-likeness (QED) is 0.706. The summed E-state index contributed by atoms with van der Waals surface area (Å²) in [5.41, 5.74) is 1.86. The smallest absolute Gasteiger partial charge is 0.306 e. The summed E-state index contributed by atoms with van der Waals surface area (Å²) in [6, 6.07) is 7.53. The van der Waals surface area contributed by atoms with E-state index in [0.29, 0.717) is 37.4 Å². The number of anilines is 2. The Bertz CT molecular complexity index is 1020. The number of carbonyl (C=O) groups is 1. The molecule has 31 heavy (non-hydrogen) atoms. The molecule has 2 heterocycles. The fourth-order valence-electron chi connectivity index (χ4n) is 3.54. The zero-order valence-electron chi connectivity index (χ0n) is 17.9. The first-order valence-electron chi connectivity index (χ1n) is 10.2. The zero-order valence-corrected chi connectivity index (χ0v) is 18.7. The van der Waals surface area contributed by atoms with E-state index in [1.54, 1.807) is 31.2 Å². The topological polar surface area (TPSA) is 94.6 Å². The Morgan fingerprint density at radius 1 is 1.16 bits per heavy atom. The lowest BCUT2D eigenvalue weighted by Crippen LogP contribution is -2.49. The molecule has 0 spiro atoms. The Labute approximate surface area is 182 Å². The minimum Gasteiger partial charge on any atom is -0.306 e. The van der Waals surface area contributed by atoms with Crippen molar-refractivity contribution in [3.8, 4) is 0 Å². The molecule has 0 radical (unpaired) electrons. The lowest BCUT2D eigenvalue weighted by Gasteiger charge is -2.37. The van der Waals surface area contributed by atoms with Crippen LogP contribution in [-0.2, 0) is 10.0 Å². The number of amides is 2. The van der Waals surface area contributed by atoms with Gasteiger partial charge in [-0.05, 0) is 39.0 Å². The highest BCUT2D eigenvalue weighted by atomic mass is 32.2. The lowest BCUT2D eigenvalue weighted by molar-refractivity contribution is 0.144. The second kappa shape index (κ2) is 9.71. The molecule has 0 aliphatic carbocycles. The normalized spacial score (nSPS) is 16.6. The van der Waals surface area contributed by atoms with Crippen molar-refractivity contribution in [2.75, 3.05) is 42.6 Å². The average molecular weight is 450 g/mol. The Kier molecular flexibility index (Phi) is 7.24. The third-order valence-corrected chi connectivity index (χ3v) is 7.36. The van der Waals surface area contributed by atoms with Gasteiger partial charge in [0.05, 0.1) is 23.3 Å². The highest BCUT2D eigenvalue weighted by molar-refractivity contribution is 7.89. The van der Waals surface area contributed by atoms with Gasteiger partial charge in [-0.15, -0.1) is 0 Å². The Morgan fingerprint density at radius 2 is 1.87 bits per heavy atom. The molecule has 1 aliphatic heterocycles. The predicted molar refractivity (Wildman–Crippen MR) is 119 cm³/mol. The molecule has 1 fully saturated rings. The third kappa shape index (κ3) is 5.57. The Balaban J connectivity index is 1.66. The number of pyridine rings is 1. The molecule has 1 aromatic heterocycles. The number of rotatable bonds is 6. The number of aromatic nitrogens is 1. The summed E-state index contributed by atoms with van der Waals surface area (Å²) >= 11 is 0. The Hall–Kier alpha value is -2.56. The van der Waals surface area contributed by atoms with Gasteiger partial charge in [-0.3, -0.25) is 9.88 Å². The highest BCUT2D eigenvalue weighted by Gasteiger charge is 2.29. The van der Waals surface area contributed by atoms with Gasteiger partial charge in [0, 0.05) is 43.5 Å². The molecule has 0 bridgehead atoms. The summed E-state index contributed by atoms with van der Waals surface area (Å²) in [4.78, 5) is 18.4. The second-order valence-electron chi connectivity index (χ2n) is 7.49. The maximum absolute atomic E-state index is 15.2. The molecule has 8 nitrogen and oxygen atoms in total. The number of benzene rings is 1. The van der Waals surface area contributed by atoms with Crippen LogP contribution in [0.25, 0.3) is 0 Å². The molecule has 0 unspecified atom stereocenters. The minimum absolute atomic E-state index is 0.0750. The number of halogens is 1. The molecule has 1 aliphatic rings. The number of nitrogens with one attached hydrogen (secondary N) is 2. The van der Waals surface area contributed by atoms with Gasteiger partial charge in [-0.25, -0.2) is 17.6 Å². The fraction of sp³-hybridized carbons (Fsp3) is 0.429. The molecule has 1 aromatic carbocycles. The number of nitrogens with zero attached hydrogens (tertiary/aromatic N) is 3. The van der Waals surface area contributed by atoms with E-state index in [0.717, 1.165) is 5.69 Å². The van der Waals surface area contributed by atoms with E-state index in [4.69, 9.17) is 0 Å². The highest BCUT2D eigenvalue weighted by Crippen LogP contribution is 2.28. The van der Waals surface area contributed by atoms with Gasteiger partial charge >= 0.3 is 6.03 Å². The van der Waals surface area contributed by atoms with Gasteiger partial charge in [0.1, 0.15) is 0 Å². The molecule has 0 saturated carbocycles. The van der Waals surface area contributed by atoms with Crippen LogP contribution >= 0.6 is 0 Å². The van der Waals surface area contributed by atoms with E-state index in [1.165, 1.54) is 16.6 Å². The molecule has 10 heteroatoms. The number of hydrogen-bond acceptors (Lipinski definition) is 5. The van der Waals surface area contributed by atoms with Crippen molar-refractivity contribution in [2.24, 2.45) is 0 Å². The minimum atomic E-state index is -3.22. The summed E-state index contributed by atoms with van der Waals surface area (Å²) in [6.45, 7) is 7.14. The molecule has 2 amide bonds. The largest absolute Gasteiger partial charge is 0.323 e.